The van der Waals surface area contributed by atoms with Crippen molar-refractivity contribution in [1.29, 1.82) is 0 Å². The zero-order chi connectivity index (χ0) is 29.6. The lowest BCUT2D eigenvalue weighted by Gasteiger charge is -2.44. The van der Waals surface area contributed by atoms with E-state index in [1.807, 2.05) is 32.0 Å². The Morgan fingerprint density at radius 1 is 1.12 bits per heavy atom. The normalized spacial score (nSPS) is 20.5. The van der Waals surface area contributed by atoms with Crippen LogP contribution in [0.1, 0.15) is 43.8 Å². The fraction of sp³-hybridized carbons (Fsp3) is 0.310. The van der Waals surface area contributed by atoms with E-state index in [9.17, 15) is 28.2 Å². The van der Waals surface area contributed by atoms with Crippen molar-refractivity contribution in [2.45, 2.75) is 44.9 Å². The van der Waals surface area contributed by atoms with Gasteiger partial charge in [-0.3, -0.25) is 4.79 Å². The van der Waals surface area contributed by atoms with E-state index >= 15 is 0 Å². The molecule has 1 aliphatic rings. The van der Waals surface area contributed by atoms with Crippen LogP contribution in [-0.2, 0) is 16.6 Å². The second-order valence-corrected chi connectivity index (χ2v) is 12.3. The summed E-state index contributed by atoms with van der Waals surface area (Å²) in [5, 5.41) is 25.0. The van der Waals surface area contributed by atoms with Crippen LogP contribution in [0.2, 0.25) is 5.02 Å². The van der Waals surface area contributed by atoms with Crippen LogP contribution >= 0.6 is 22.9 Å². The number of carboxylic acid groups (broad SMARTS) is 1. The molecule has 0 radical (unpaired) electrons. The maximum absolute atomic E-state index is 13.2. The van der Waals surface area contributed by atoms with Crippen molar-refractivity contribution in [3.63, 3.8) is 0 Å². The Morgan fingerprint density at radius 3 is 2.54 bits per heavy atom. The van der Waals surface area contributed by atoms with E-state index in [0.29, 0.717) is 43.7 Å². The van der Waals surface area contributed by atoms with Crippen LogP contribution in [0, 0.1) is 11.3 Å². The van der Waals surface area contributed by atoms with Crippen molar-refractivity contribution in [3.8, 4) is 21.6 Å². The molecule has 2 aromatic carbocycles. The highest BCUT2D eigenvalue weighted by atomic mass is 35.5. The Hall–Kier alpha value is -3.54. The molecule has 12 heteroatoms. The molecule has 0 spiro atoms. The molecule has 0 aliphatic heterocycles. The Morgan fingerprint density at radius 2 is 1.85 bits per heavy atom. The number of thiazole rings is 1. The number of aromatic nitrogens is 3. The monoisotopic (exact) mass is 602 g/mol. The van der Waals surface area contributed by atoms with Gasteiger partial charge in [0.2, 0.25) is 5.95 Å². The number of hydrogen-bond acceptors (Lipinski definition) is 7. The maximum Gasteiger partial charge on any atom is 0.433 e. The van der Waals surface area contributed by atoms with Gasteiger partial charge in [0.05, 0.1) is 10.8 Å². The molecule has 0 amide bonds. The molecular weight excluding hydrogens is 577 g/mol. The number of nitrogens with zero attached hydrogens (tertiary/aromatic N) is 3. The zero-order valence-electron chi connectivity index (χ0n) is 22.0. The smallest absolute Gasteiger partial charge is 0.433 e. The highest BCUT2D eigenvalue weighted by molar-refractivity contribution is 7.15. The summed E-state index contributed by atoms with van der Waals surface area (Å²) in [4.78, 5) is 24.5. The van der Waals surface area contributed by atoms with Crippen molar-refractivity contribution in [2.24, 2.45) is 11.3 Å². The lowest BCUT2D eigenvalue weighted by Crippen LogP contribution is -2.44. The molecule has 0 bridgehead atoms. The summed E-state index contributed by atoms with van der Waals surface area (Å²) in [6.07, 6.45) is -1.14. The van der Waals surface area contributed by atoms with Crippen molar-refractivity contribution < 1.29 is 28.2 Å². The molecular formula is C29H26ClF3N4O3S. The molecule has 0 saturated heterocycles. The standard InChI is InChI=1S/C29H26ClF3N4O3S/c1-27(2)15-28(40,9-7-20(27)24(38)39)25-35-14-22(41-25)17-11-16(19-5-3-4-6-21(19)30)12-18(13-17)36-26-34-10-8-23(37-26)29(31,32)33/h3-6,8,10-14,20,40H,7,9,15H2,1-2H3,(H,38,39)(H,34,36,37)/t20-,28-/m1/s1. The predicted molar refractivity (Wildman–Crippen MR) is 151 cm³/mol. The summed E-state index contributed by atoms with van der Waals surface area (Å²) in [7, 11) is 0. The van der Waals surface area contributed by atoms with E-state index < -0.39 is 34.8 Å². The summed E-state index contributed by atoms with van der Waals surface area (Å²) < 4.78 is 39.7. The molecule has 2 heterocycles. The SMILES string of the molecule is CC1(C)C[C@@](O)(c2ncc(-c3cc(Nc4nccc(C(F)(F)F)n4)cc(-c4ccccc4Cl)c3)s2)CC[C@@H]1C(=O)O. The molecule has 1 saturated carbocycles. The topological polar surface area (TPSA) is 108 Å². The molecule has 1 fully saturated rings. The highest BCUT2D eigenvalue weighted by Gasteiger charge is 2.49. The number of rotatable bonds is 6. The minimum atomic E-state index is -4.62. The molecule has 2 atom stereocenters. The number of carboxylic acids is 1. The first kappa shape index (κ1) is 29.0. The van der Waals surface area contributed by atoms with Crippen molar-refractivity contribution in [2.75, 3.05) is 5.32 Å². The highest BCUT2D eigenvalue weighted by Crippen LogP contribution is 2.51. The maximum atomic E-state index is 13.2. The van der Waals surface area contributed by atoms with Crippen LogP contribution in [0.3, 0.4) is 0 Å². The van der Waals surface area contributed by atoms with E-state index in [4.69, 9.17) is 11.6 Å². The average Bonchev–Trinajstić information content (AvgIpc) is 3.39. The van der Waals surface area contributed by atoms with Crippen molar-refractivity contribution >= 4 is 40.5 Å². The van der Waals surface area contributed by atoms with Crippen molar-refractivity contribution in [3.05, 3.63) is 76.6 Å². The fourth-order valence-corrected chi connectivity index (χ4v) is 6.66. The summed E-state index contributed by atoms with van der Waals surface area (Å²) in [5.41, 5.74) is -0.488. The molecule has 1 aliphatic carbocycles. The van der Waals surface area contributed by atoms with Crippen LogP contribution in [0.4, 0.5) is 24.8 Å². The summed E-state index contributed by atoms with van der Waals surface area (Å²) >= 11 is 7.75. The van der Waals surface area contributed by atoms with Gasteiger partial charge < -0.3 is 15.5 Å². The minimum absolute atomic E-state index is 0.223. The van der Waals surface area contributed by atoms with Gasteiger partial charge in [0.15, 0.2) is 0 Å². The summed E-state index contributed by atoms with van der Waals surface area (Å²) in [5.74, 6) is -1.67. The molecule has 2 aromatic heterocycles. The number of carbonyl (C=O) groups is 1. The largest absolute Gasteiger partial charge is 0.481 e. The molecule has 41 heavy (non-hydrogen) atoms. The number of nitrogens with one attached hydrogen (secondary N) is 1. The van der Waals surface area contributed by atoms with Gasteiger partial charge in [-0.2, -0.15) is 13.2 Å². The van der Waals surface area contributed by atoms with Gasteiger partial charge >= 0.3 is 12.1 Å². The van der Waals surface area contributed by atoms with Crippen LogP contribution < -0.4 is 5.32 Å². The minimum Gasteiger partial charge on any atom is -0.481 e. The first-order valence-electron chi connectivity index (χ1n) is 12.7. The third-order valence-corrected chi connectivity index (χ3v) is 8.91. The molecule has 0 unspecified atom stereocenters. The quantitative estimate of drug-likeness (QED) is 0.207. The number of aliphatic hydroxyl groups is 1. The van der Waals surface area contributed by atoms with Gasteiger partial charge in [0.25, 0.3) is 0 Å². The number of hydrogen-bond donors (Lipinski definition) is 3. The molecule has 214 valence electrons. The van der Waals surface area contributed by atoms with E-state index in [0.717, 1.165) is 12.3 Å². The molecule has 3 N–H and O–H groups in total. The second-order valence-electron chi connectivity index (χ2n) is 10.8. The van der Waals surface area contributed by atoms with Gasteiger partial charge in [0.1, 0.15) is 16.3 Å². The third kappa shape index (κ3) is 6.07. The number of benzene rings is 2. The number of alkyl halides is 3. The summed E-state index contributed by atoms with van der Waals surface area (Å²) in [6, 6.07) is 13.3. The zero-order valence-corrected chi connectivity index (χ0v) is 23.6. The molecule has 4 aromatic rings. The van der Waals surface area contributed by atoms with Crippen molar-refractivity contribution in [1.82, 2.24) is 15.0 Å². The third-order valence-electron chi connectivity index (χ3n) is 7.34. The van der Waals surface area contributed by atoms with Gasteiger partial charge in [0, 0.05) is 28.7 Å². The van der Waals surface area contributed by atoms with E-state index in [2.05, 4.69) is 20.3 Å². The van der Waals surface area contributed by atoms with E-state index in [1.54, 1.807) is 30.5 Å². The Bertz CT molecular complexity index is 1610. The Labute approximate surface area is 243 Å². The van der Waals surface area contributed by atoms with Gasteiger partial charge in [-0.15, -0.1) is 11.3 Å². The number of aliphatic carboxylic acids is 1. The van der Waals surface area contributed by atoms with Gasteiger partial charge in [-0.1, -0.05) is 43.6 Å². The number of anilines is 2. The molecule has 5 rings (SSSR count). The van der Waals surface area contributed by atoms with Gasteiger partial charge in [-0.05, 0) is 66.1 Å². The Balaban J connectivity index is 1.53. The lowest BCUT2D eigenvalue weighted by molar-refractivity contribution is -0.154. The van der Waals surface area contributed by atoms with Crippen LogP contribution in [0.25, 0.3) is 21.6 Å². The van der Waals surface area contributed by atoms with Crippen LogP contribution in [0.5, 0.6) is 0 Å². The lowest BCUT2D eigenvalue weighted by atomic mass is 9.63. The first-order chi connectivity index (χ1) is 19.2. The average molecular weight is 603 g/mol. The molecule has 7 nitrogen and oxygen atoms in total. The van der Waals surface area contributed by atoms with Crippen LogP contribution in [0.15, 0.2) is 60.9 Å². The number of halogens is 4. The van der Waals surface area contributed by atoms with Crippen LogP contribution in [-0.4, -0.2) is 31.1 Å². The predicted octanol–water partition coefficient (Wildman–Crippen LogP) is 7.78. The summed E-state index contributed by atoms with van der Waals surface area (Å²) in [6.45, 7) is 3.68. The first-order valence-corrected chi connectivity index (χ1v) is 13.9. The fourth-order valence-electron chi connectivity index (χ4n) is 5.40. The van der Waals surface area contributed by atoms with E-state index in [-0.39, 0.29) is 18.8 Å². The second kappa shape index (κ2) is 10.7. The Kier molecular flexibility index (Phi) is 7.56. The van der Waals surface area contributed by atoms with Gasteiger partial charge in [-0.25, -0.2) is 15.0 Å². The van der Waals surface area contributed by atoms with E-state index in [1.165, 1.54) is 11.3 Å².